The fourth-order valence-electron chi connectivity index (χ4n) is 2.86. The lowest BCUT2D eigenvalue weighted by molar-refractivity contribution is 0.0456. The molecular weight excluding hydrogens is 250 g/mol. The first-order chi connectivity index (χ1) is 9.74. The van der Waals surface area contributed by atoms with Crippen LogP contribution in [0.3, 0.4) is 0 Å². The molecule has 1 unspecified atom stereocenters. The molecule has 0 aliphatic carbocycles. The van der Waals surface area contributed by atoms with Crippen molar-refractivity contribution in [2.24, 2.45) is 7.05 Å². The molecule has 1 aliphatic rings. The molecule has 1 aliphatic heterocycles. The number of aryl methyl sites for hydroxylation is 1. The molecule has 0 saturated carbocycles. The van der Waals surface area contributed by atoms with Crippen LogP contribution in [0.15, 0.2) is 54.7 Å². The summed E-state index contributed by atoms with van der Waals surface area (Å²) in [6, 6.07) is 15.8. The maximum absolute atomic E-state index is 11.9. The topological polar surface area (TPSA) is 31.2 Å². The molecular formula is C17H13NO2. The second-order valence-corrected chi connectivity index (χ2v) is 5.12. The summed E-state index contributed by atoms with van der Waals surface area (Å²) in [5.41, 5.74) is 3.81. The summed E-state index contributed by atoms with van der Waals surface area (Å²) in [5, 5.41) is 1.16. The summed E-state index contributed by atoms with van der Waals surface area (Å²) in [6.07, 6.45) is 1.74. The SMILES string of the molecule is Cn1ccc2cc(C3OC(=O)c4ccccc43)ccc21. The van der Waals surface area contributed by atoms with Gasteiger partial charge < -0.3 is 9.30 Å². The molecule has 0 fully saturated rings. The van der Waals surface area contributed by atoms with E-state index < -0.39 is 0 Å². The number of rotatable bonds is 1. The van der Waals surface area contributed by atoms with Gasteiger partial charge >= 0.3 is 5.97 Å². The first-order valence-electron chi connectivity index (χ1n) is 6.59. The van der Waals surface area contributed by atoms with Crippen molar-refractivity contribution in [1.82, 2.24) is 4.57 Å². The van der Waals surface area contributed by atoms with Gasteiger partial charge in [0.1, 0.15) is 0 Å². The zero-order valence-electron chi connectivity index (χ0n) is 11.0. The van der Waals surface area contributed by atoms with E-state index in [1.54, 1.807) is 0 Å². The van der Waals surface area contributed by atoms with Gasteiger partial charge in [-0.2, -0.15) is 0 Å². The Morgan fingerprint density at radius 2 is 1.95 bits per heavy atom. The van der Waals surface area contributed by atoms with Gasteiger partial charge in [0.25, 0.3) is 0 Å². The van der Waals surface area contributed by atoms with Crippen LogP contribution in [0.5, 0.6) is 0 Å². The normalized spacial score (nSPS) is 17.2. The molecule has 20 heavy (non-hydrogen) atoms. The second kappa shape index (κ2) is 3.97. The maximum atomic E-state index is 11.9. The van der Waals surface area contributed by atoms with Crippen LogP contribution in [0, 0.1) is 0 Å². The summed E-state index contributed by atoms with van der Waals surface area (Å²) in [5.74, 6) is -0.237. The first-order valence-corrected chi connectivity index (χ1v) is 6.59. The Balaban J connectivity index is 1.86. The van der Waals surface area contributed by atoms with Gasteiger partial charge in [-0.3, -0.25) is 0 Å². The summed E-state index contributed by atoms with van der Waals surface area (Å²) < 4.78 is 7.60. The number of carbonyl (C=O) groups excluding carboxylic acids is 1. The Morgan fingerprint density at radius 3 is 2.85 bits per heavy atom. The molecule has 3 heteroatoms. The predicted octanol–water partition coefficient (Wildman–Crippen LogP) is 3.44. The molecule has 2 heterocycles. The van der Waals surface area contributed by atoms with Crippen molar-refractivity contribution in [3.63, 3.8) is 0 Å². The van der Waals surface area contributed by atoms with Crippen LogP contribution in [0.25, 0.3) is 10.9 Å². The lowest BCUT2D eigenvalue weighted by Crippen LogP contribution is -2.00. The van der Waals surface area contributed by atoms with Crippen LogP contribution in [0.1, 0.15) is 27.6 Å². The van der Waals surface area contributed by atoms with Crippen LogP contribution in [-0.2, 0) is 11.8 Å². The van der Waals surface area contributed by atoms with E-state index in [4.69, 9.17) is 4.74 Å². The van der Waals surface area contributed by atoms with Crippen LogP contribution in [0.4, 0.5) is 0 Å². The minimum atomic E-state index is -0.289. The number of esters is 1. The van der Waals surface area contributed by atoms with Crippen LogP contribution < -0.4 is 0 Å². The highest BCUT2D eigenvalue weighted by molar-refractivity contribution is 5.94. The maximum Gasteiger partial charge on any atom is 0.339 e. The van der Waals surface area contributed by atoms with E-state index in [2.05, 4.69) is 22.8 Å². The highest BCUT2D eigenvalue weighted by Crippen LogP contribution is 2.36. The lowest BCUT2D eigenvalue weighted by Gasteiger charge is -2.11. The van der Waals surface area contributed by atoms with Crippen molar-refractivity contribution < 1.29 is 9.53 Å². The van der Waals surface area contributed by atoms with Crippen molar-refractivity contribution in [3.05, 3.63) is 71.4 Å². The number of carbonyl (C=O) groups is 1. The molecule has 0 N–H and O–H groups in total. The molecule has 3 aromatic rings. The fraction of sp³-hybridized carbons (Fsp3) is 0.118. The van der Waals surface area contributed by atoms with Crippen molar-refractivity contribution in [1.29, 1.82) is 0 Å². The van der Waals surface area contributed by atoms with Gasteiger partial charge in [-0.1, -0.05) is 24.3 Å². The van der Waals surface area contributed by atoms with E-state index in [0.717, 1.165) is 16.5 Å². The Hall–Kier alpha value is -2.55. The minimum Gasteiger partial charge on any atom is -0.449 e. The Bertz CT molecular complexity index is 832. The van der Waals surface area contributed by atoms with Gasteiger partial charge in [-0.05, 0) is 35.2 Å². The number of hydrogen-bond acceptors (Lipinski definition) is 2. The zero-order chi connectivity index (χ0) is 13.7. The highest BCUT2D eigenvalue weighted by atomic mass is 16.5. The third-order valence-electron chi connectivity index (χ3n) is 3.90. The molecule has 3 nitrogen and oxygen atoms in total. The average Bonchev–Trinajstić information content (AvgIpc) is 3.01. The van der Waals surface area contributed by atoms with Gasteiger partial charge in [0, 0.05) is 24.3 Å². The average molecular weight is 263 g/mol. The number of nitrogens with zero attached hydrogens (tertiary/aromatic N) is 1. The summed E-state index contributed by atoms with van der Waals surface area (Å²) in [7, 11) is 2.02. The van der Waals surface area contributed by atoms with Crippen molar-refractivity contribution >= 4 is 16.9 Å². The molecule has 98 valence electrons. The number of ether oxygens (including phenoxy) is 1. The lowest BCUT2D eigenvalue weighted by atomic mass is 9.98. The largest absolute Gasteiger partial charge is 0.449 e. The van der Waals surface area contributed by atoms with Crippen LogP contribution in [0.2, 0.25) is 0 Å². The molecule has 1 aromatic heterocycles. The van der Waals surface area contributed by atoms with E-state index in [9.17, 15) is 4.79 Å². The second-order valence-electron chi connectivity index (χ2n) is 5.12. The molecule has 0 amide bonds. The minimum absolute atomic E-state index is 0.237. The smallest absolute Gasteiger partial charge is 0.339 e. The van der Waals surface area contributed by atoms with Gasteiger partial charge in [-0.25, -0.2) is 4.79 Å². The zero-order valence-corrected chi connectivity index (χ0v) is 11.0. The quantitative estimate of drug-likeness (QED) is 0.630. The first kappa shape index (κ1) is 11.3. The molecule has 0 bridgehead atoms. The van der Waals surface area contributed by atoms with Crippen molar-refractivity contribution in [3.8, 4) is 0 Å². The number of hydrogen-bond donors (Lipinski definition) is 0. The standard InChI is InChI=1S/C17H13NO2/c1-18-9-8-11-10-12(6-7-15(11)18)16-13-4-2-3-5-14(13)17(19)20-16/h2-10,16H,1H3. The molecule has 2 aromatic carbocycles. The van der Waals surface area contributed by atoms with E-state index in [1.165, 1.54) is 5.52 Å². The molecule has 0 spiro atoms. The number of benzene rings is 2. The Morgan fingerprint density at radius 1 is 1.10 bits per heavy atom. The highest BCUT2D eigenvalue weighted by Gasteiger charge is 2.31. The van der Waals surface area contributed by atoms with Crippen molar-refractivity contribution in [2.45, 2.75) is 6.10 Å². The summed E-state index contributed by atoms with van der Waals surface area (Å²) in [4.78, 5) is 11.9. The van der Waals surface area contributed by atoms with Crippen LogP contribution in [-0.4, -0.2) is 10.5 Å². The molecule has 1 atom stereocenters. The third kappa shape index (κ3) is 1.50. The Labute approximate surface area is 116 Å². The Kier molecular flexibility index (Phi) is 2.24. The van der Waals surface area contributed by atoms with Gasteiger partial charge in [0.2, 0.25) is 0 Å². The number of fused-ring (bicyclic) bond motifs is 2. The predicted molar refractivity (Wildman–Crippen MR) is 76.6 cm³/mol. The van der Waals surface area contributed by atoms with Crippen molar-refractivity contribution in [2.75, 3.05) is 0 Å². The molecule has 4 rings (SSSR count). The number of aromatic nitrogens is 1. The van der Waals surface area contributed by atoms with Gasteiger partial charge in [-0.15, -0.1) is 0 Å². The fourth-order valence-corrected chi connectivity index (χ4v) is 2.86. The van der Waals surface area contributed by atoms with E-state index in [0.29, 0.717) is 5.56 Å². The van der Waals surface area contributed by atoms with E-state index in [-0.39, 0.29) is 12.1 Å². The molecule has 0 saturated heterocycles. The third-order valence-corrected chi connectivity index (χ3v) is 3.90. The summed E-state index contributed by atoms with van der Waals surface area (Å²) >= 11 is 0. The number of cyclic esters (lactones) is 1. The van der Waals surface area contributed by atoms with E-state index in [1.807, 2.05) is 43.6 Å². The van der Waals surface area contributed by atoms with Crippen LogP contribution >= 0.6 is 0 Å². The molecule has 0 radical (unpaired) electrons. The van der Waals surface area contributed by atoms with Gasteiger partial charge in [0.15, 0.2) is 6.10 Å². The van der Waals surface area contributed by atoms with E-state index >= 15 is 0 Å². The monoisotopic (exact) mass is 263 g/mol. The van der Waals surface area contributed by atoms with Gasteiger partial charge in [0.05, 0.1) is 5.56 Å². The summed E-state index contributed by atoms with van der Waals surface area (Å²) in [6.45, 7) is 0.